The summed E-state index contributed by atoms with van der Waals surface area (Å²) >= 11 is 0. The summed E-state index contributed by atoms with van der Waals surface area (Å²) in [4.78, 5) is 47.7. The molecule has 11 nitrogen and oxygen atoms in total. The number of rotatable bonds is 10. The van der Waals surface area contributed by atoms with E-state index in [1.165, 1.54) is 33.3 Å². The van der Waals surface area contributed by atoms with E-state index in [1.807, 2.05) is 30.3 Å². The third kappa shape index (κ3) is 7.42. The standard InChI is InChI=1S/C22H25N3O8/c1-13(20(27)25-22(29)24-11-14-7-5-4-6-8-14)33-21(28)15-9-16(30-2)19(17(10-15)31-3)32-12-18(23)26/h4-10,13H,11-12H2,1-3H3,(H2,23,26)(H2,24,25,27,29). The van der Waals surface area contributed by atoms with Gasteiger partial charge in [-0.15, -0.1) is 0 Å². The summed E-state index contributed by atoms with van der Waals surface area (Å²) in [6.45, 7) is 1.11. The highest BCUT2D eigenvalue weighted by atomic mass is 16.6. The maximum Gasteiger partial charge on any atom is 0.339 e. The number of ether oxygens (including phenoxy) is 4. The van der Waals surface area contributed by atoms with Crippen LogP contribution in [0.1, 0.15) is 22.8 Å². The number of amides is 4. The van der Waals surface area contributed by atoms with Gasteiger partial charge in [0, 0.05) is 6.54 Å². The minimum absolute atomic E-state index is 0.0108. The molecule has 4 N–H and O–H groups in total. The van der Waals surface area contributed by atoms with Crippen LogP contribution in [-0.2, 0) is 20.9 Å². The fourth-order valence-electron chi connectivity index (χ4n) is 2.60. The van der Waals surface area contributed by atoms with E-state index in [0.717, 1.165) is 5.56 Å². The van der Waals surface area contributed by atoms with Gasteiger partial charge < -0.3 is 30.0 Å². The number of carbonyl (C=O) groups excluding carboxylic acids is 4. The highest BCUT2D eigenvalue weighted by Crippen LogP contribution is 2.38. The molecule has 1 atom stereocenters. The number of hydrogen-bond acceptors (Lipinski definition) is 8. The highest BCUT2D eigenvalue weighted by molar-refractivity contribution is 5.98. The van der Waals surface area contributed by atoms with Crippen LogP contribution in [0, 0.1) is 0 Å². The number of imide groups is 1. The molecule has 0 heterocycles. The zero-order valence-electron chi connectivity index (χ0n) is 18.4. The van der Waals surface area contributed by atoms with E-state index in [-0.39, 0.29) is 29.4 Å². The molecule has 0 aliphatic carbocycles. The van der Waals surface area contributed by atoms with Gasteiger partial charge in [0.15, 0.2) is 24.2 Å². The Hall–Kier alpha value is -4.28. The second-order valence-electron chi connectivity index (χ2n) is 6.67. The van der Waals surface area contributed by atoms with E-state index in [2.05, 4.69) is 10.6 Å². The Morgan fingerprint density at radius 3 is 2.15 bits per heavy atom. The summed E-state index contributed by atoms with van der Waals surface area (Å²) in [6.07, 6.45) is -1.28. The van der Waals surface area contributed by atoms with Gasteiger partial charge in [0.25, 0.3) is 11.8 Å². The Bertz CT molecular complexity index is 985. The predicted octanol–water partition coefficient (Wildman–Crippen LogP) is 1.14. The zero-order chi connectivity index (χ0) is 24.4. The van der Waals surface area contributed by atoms with Crippen LogP contribution in [0.25, 0.3) is 0 Å². The maximum atomic E-state index is 12.5. The fraction of sp³-hybridized carbons (Fsp3) is 0.273. The highest BCUT2D eigenvalue weighted by Gasteiger charge is 2.24. The average Bonchev–Trinajstić information content (AvgIpc) is 2.81. The molecular weight excluding hydrogens is 434 g/mol. The van der Waals surface area contributed by atoms with E-state index in [0.29, 0.717) is 0 Å². The number of benzene rings is 2. The molecule has 2 aromatic rings. The lowest BCUT2D eigenvalue weighted by Crippen LogP contribution is -2.44. The van der Waals surface area contributed by atoms with Crippen molar-refractivity contribution in [2.24, 2.45) is 5.73 Å². The van der Waals surface area contributed by atoms with Gasteiger partial charge in [0.2, 0.25) is 5.75 Å². The average molecular weight is 459 g/mol. The van der Waals surface area contributed by atoms with E-state index < -0.39 is 36.5 Å². The Balaban J connectivity index is 2.00. The van der Waals surface area contributed by atoms with Crippen LogP contribution in [0.5, 0.6) is 17.2 Å². The van der Waals surface area contributed by atoms with Crippen LogP contribution >= 0.6 is 0 Å². The number of esters is 1. The molecule has 0 spiro atoms. The number of urea groups is 1. The minimum atomic E-state index is -1.28. The van der Waals surface area contributed by atoms with Crippen molar-refractivity contribution in [3.05, 3.63) is 53.6 Å². The monoisotopic (exact) mass is 459 g/mol. The van der Waals surface area contributed by atoms with Crippen molar-refractivity contribution in [1.29, 1.82) is 0 Å². The van der Waals surface area contributed by atoms with Crippen molar-refractivity contribution < 1.29 is 38.1 Å². The first-order valence-electron chi connectivity index (χ1n) is 9.75. The zero-order valence-corrected chi connectivity index (χ0v) is 18.4. The number of methoxy groups -OCH3 is 2. The maximum absolute atomic E-state index is 12.5. The van der Waals surface area contributed by atoms with Gasteiger partial charge in [-0.3, -0.25) is 14.9 Å². The number of carbonyl (C=O) groups is 4. The van der Waals surface area contributed by atoms with Crippen LogP contribution in [0.2, 0.25) is 0 Å². The molecule has 4 amide bonds. The second-order valence-corrected chi connectivity index (χ2v) is 6.67. The molecule has 176 valence electrons. The van der Waals surface area contributed by atoms with Crippen LogP contribution in [0.4, 0.5) is 4.79 Å². The molecule has 0 radical (unpaired) electrons. The molecule has 2 aromatic carbocycles. The van der Waals surface area contributed by atoms with Crippen molar-refractivity contribution in [1.82, 2.24) is 10.6 Å². The quantitative estimate of drug-likeness (QED) is 0.447. The van der Waals surface area contributed by atoms with Gasteiger partial charge in [0.05, 0.1) is 19.8 Å². The van der Waals surface area contributed by atoms with Crippen LogP contribution in [0.3, 0.4) is 0 Å². The molecule has 33 heavy (non-hydrogen) atoms. The van der Waals surface area contributed by atoms with Gasteiger partial charge in [-0.2, -0.15) is 0 Å². The Kier molecular flexibility index (Phi) is 9.04. The molecule has 11 heteroatoms. The second kappa shape index (κ2) is 11.9. The molecule has 0 aliphatic rings. The lowest BCUT2D eigenvalue weighted by molar-refractivity contribution is -0.128. The van der Waals surface area contributed by atoms with Crippen molar-refractivity contribution in [3.8, 4) is 17.2 Å². The minimum Gasteiger partial charge on any atom is -0.493 e. The fourth-order valence-corrected chi connectivity index (χ4v) is 2.60. The number of nitrogens with one attached hydrogen (secondary N) is 2. The number of hydrogen-bond donors (Lipinski definition) is 3. The first kappa shape index (κ1) is 25.0. The van der Waals surface area contributed by atoms with Gasteiger partial charge in [-0.05, 0) is 24.6 Å². The molecule has 0 aromatic heterocycles. The first-order valence-corrected chi connectivity index (χ1v) is 9.75. The largest absolute Gasteiger partial charge is 0.493 e. The normalized spacial score (nSPS) is 11.0. The smallest absolute Gasteiger partial charge is 0.339 e. The lowest BCUT2D eigenvalue weighted by Gasteiger charge is -2.16. The van der Waals surface area contributed by atoms with Crippen molar-refractivity contribution >= 4 is 23.8 Å². The third-order valence-electron chi connectivity index (χ3n) is 4.24. The molecule has 0 saturated heterocycles. The summed E-state index contributed by atoms with van der Waals surface area (Å²) in [6, 6.07) is 11.0. The molecule has 0 fully saturated rings. The van der Waals surface area contributed by atoms with Gasteiger partial charge >= 0.3 is 12.0 Å². The summed E-state index contributed by atoms with van der Waals surface area (Å²) in [5, 5.41) is 4.64. The number of primary amides is 1. The Morgan fingerprint density at radius 1 is 1.00 bits per heavy atom. The molecule has 2 rings (SSSR count). The summed E-state index contributed by atoms with van der Waals surface area (Å²) in [7, 11) is 2.65. The third-order valence-corrected chi connectivity index (χ3v) is 4.24. The topological polar surface area (TPSA) is 155 Å². The van der Waals surface area contributed by atoms with Gasteiger partial charge in [0.1, 0.15) is 0 Å². The summed E-state index contributed by atoms with van der Waals surface area (Å²) < 4.78 is 20.8. The lowest BCUT2D eigenvalue weighted by atomic mass is 10.2. The van der Waals surface area contributed by atoms with Crippen molar-refractivity contribution in [3.63, 3.8) is 0 Å². The van der Waals surface area contributed by atoms with Crippen molar-refractivity contribution in [2.75, 3.05) is 20.8 Å². The van der Waals surface area contributed by atoms with E-state index in [1.54, 1.807) is 0 Å². The van der Waals surface area contributed by atoms with Gasteiger partial charge in [-0.1, -0.05) is 30.3 Å². The van der Waals surface area contributed by atoms with E-state index in [4.69, 9.17) is 24.7 Å². The summed E-state index contributed by atoms with van der Waals surface area (Å²) in [5.41, 5.74) is 5.92. The van der Waals surface area contributed by atoms with Crippen molar-refractivity contribution in [2.45, 2.75) is 19.6 Å². The molecular formula is C22H25N3O8. The van der Waals surface area contributed by atoms with Gasteiger partial charge in [-0.25, -0.2) is 9.59 Å². The SMILES string of the molecule is COc1cc(C(=O)OC(C)C(=O)NC(=O)NCc2ccccc2)cc(OC)c1OCC(N)=O. The van der Waals surface area contributed by atoms with Crippen LogP contribution < -0.4 is 30.6 Å². The molecule has 0 saturated carbocycles. The van der Waals surface area contributed by atoms with E-state index >= 15 is 0 Å². The Morgan fingerprint density at radius 2 is 1.61 bits per heavy atom. The number of nitrogens with two attached hydrogens (primary N) is 1. The first-order chi connectivity index (χ1) is 15.7. The van der Waals surface area contributed by atoms with E-state index in [9.17, 15) is 19.2 Å². The summed E-state index contributed by atoms with van der Waals surface area (Å²) in [5.74, 6) is -2.17. The molecule has 0 bridgehead atoms. The van der Waals surface area contributed by atoms with Crippen LogP contribution in [0.15, 0.2) is 42.5 Å². The predicted molar refractivity (Wildman–Crippen MR) is 116 cm³/mol. The van der Waals surface area contributed by atoms with Crippen LogP contribution in [-0.4, -0.2) is 50.7 Å². The Labute approximate surface area is 190 Å². The molecule has 0 aliphatic heterocycles. The molecule has 1 unspecified atom stereocenters.